The first-order valence-corrected chi connectivity index (χ1v) is 5.97. The smallest absolute Gasteiger partial charge is 0.306 e. The lowest BCUT2D eigenvalue weighted by atomic mass is 10.1. The van der Waals surface area contributed by atoms with Crippen LogP contribution in [0.2, 0.25) is 0 Å². The molecule has 18 heavy (non-hydrogen) atoms. The van der Waals surface area contributed by atoms with Crippen LogP contribution >= 0.6 is 0 Å². The second-order valence-corrected chi connectivity index (χ2v) is 4.65. The highest BCUT2D eigenvalue weighted by Crippen LogP contribution is 2.28. The average molecular weight is 245 g/mol. The van der Waals surface area contributed by atoms with Crippen molar-refractivity contribution < 1.29 is 9.90 Å². The van der Waals surface area contributed by atoms with E-state index in [0.717, 1.165) is 12.1 Å². The Morgan fingerprint density at radius 2 is 2.33 bits per heavy atom. The minimum Gasteiger partial charge on any atom is -0.481 e. The van der Waals surface area contributed by atoms with Crippen LogP contribution in [0.1, 0.15) is 30.5 Å². The van der Waals surface area contributed by atoms with Crippen molar-refractivity contribution in [1.29, 1.82) is 5.26 Å². The molecule has 1 saturated carbocycles. The summed E-state index contributed by atoms with van der Waals surface area (Å²) in [6.45, 7) is 1.86. The van der Waals surface area contributed by atoms with E-state index in [2.05, 4.69) is 16.4 Å². The molecule has 0 saturated heterocycles. The molecule has 5 heteroatoms. The fourth-order valence-corrected chi connectivity index (χ4v) is 2.29. The number of nitrogens with zero attached hydrogens (tertiary/aromatic N) is 2. The van der Waals surface area contributed by atoms with Crippen molar-refractivity contribution in [3.63, 3.8) is 0 Å². The Kier molecular flexibility index (Phi) is 3.47. The van der Waals surface area contributed by atoms with Gasteiger partial charge in [0.15, 0.2) is 0 Å². The van der Waals surface area contributed by atoms with E-state index in [1.54, 1.807) is 12.1 Å². The minimum atomic E-state index is -0.739. The van der Waals surface area contributed by atoms with Crippen LogP contribution in [0.5, 0.6) is 0 Å². The zero-order chi connectivity index (χ0) is 13.1. The third kappa shape index (κ3) is 2.59. The van der Waals surface area contributed by atoms with Gasteiger partial charge in [-0.15, -0.1) is 0 Å². The summed E-state index contributed by atoms with van der Waals surface area (Å²) in [5.41, 5.74) is 1.34. The molecular weight excluding hydrogens is 230 g/mol. The maximum absolute atomic E-state index is 10.9. The molecular formula is C13H15N3O2. The highest BCUT2D eigenvalue weighted by molar-refractivity contribution is 5.70. The van der Waals surface area contributed by atoms with Gasteiger partial charge < -0.3 is 10.4 Å². The van der Waals surface area contributed by atoms with Gasteiger partial charge in [0.1, 0.15) is 11.9 Å². The number of aryl methyl sites for hydroxylation is 1. The van der Waals surface area contributed by atoms with Crippen molar-refractivity contribution in [2.75, 3.05) is 5.32 Å². The second-order valence-electron chi connectivity index (χ2n) is 4.65. The van der Waals surface area contributed by atoms with Crippen LogP contribution in [0.4, 0.5) is 5.82 Å². The SMILES string of the molecule is Cc1ccc(C#N)c(N[C@H]2CC[C@@H](C(=O)O)C2)n1. The largest absolute Gasteiger partial charge is 0.481 e. The molecule has 1 aromatic heterocycles. The van der Waals surface area contributed by atoms with E-state index in [9.17, 15) is 4.79 Å². The van der Waals surface area contributed by atoms with Gasteiger partial charge in [-0.3, -0.25) is 4.79 Å². The molecule has 0 amide bonds. The van der Waals surface area contributed by atoms with Gasteiger partial charge in [-0.1, -0.05) is 0 Å². The molecule has 5 nitrogen and oxygen atoms in total. The van der Waals surface area contributed by atoms with E-state index in [1.165, 1.54) is 0 Å². The summed E-state index contributed by atoms with van der Waals surface area (Å²) in [7, 11) is 0. The molecule has 94 valence electrons. The number of nitrogens with one attached hydrogen (secondary N) is 1. The van der Waals surface area contributed by atoms with Gasteiger partial charge in [0.05, 0.1) is 11.5 Å². The van der Waals surface area contributed by atoms with Crippen molar-refractivity contribution in [3.8, 4) is 6.07 Å². The summed E-state index contributed by atoms with van der Waals surface area (Å²) < 4.78 is 0. The molecule has 0 bridgehead atoms. The molecule has 0 spiro atoms. The molecule has 2 rings (SSSR count). The number of nitriles is 1. The predicted octanol–water partition coefficient (Wildman–Crippen LogP) is 1.93. The normalized spacial score (nSPS) is 22.4. The fraction of sp³-hybridized carbons (Fsp3) is 0.462. The third-order valence-electron chi connectivity index (χ3n) is 3.28. The van der Waals surface area contributed by atoms with Gasteiger partial charge in [0.2, 0.25) is 0 Å². The van der Waals surface area contributed by atoms with Crippen LogP contribution in [0, 0.1) is 24.2 Å². The third-order valence-corrected chi connectivity index (χ3v) is 3.28. The van der Waals surface area contributed by atoms with Gasteiger partial charge in [-0.05, 0) is 38.3 Å². The Hall–Kier alpha value is -2.09. The van der Waals surface area contributed by atoms with Crippen molar-refractivity contribution in [2.45, 2.75) is 32.2 Å². The quantitative estimate of drug-likeness (QED) is 0.849. The van der Waals surface area contributed by atoms with Gasteiger partial charge in [-0.2, -0.15) is 5.26 Å². The molecule has 2 N–H and O–H groups in total. The lowest BCUT2D eigenvalue weighted by molar-refractivity contribution is -0.141. The molecule has 0 aromatic carbocycles. The lowest BCUT2D eigenvalue weighted by Crippen LogP contribution is -2.19. The standard InChI is InChI=1S/C13H15N3O2/c1-8-2-3-10(7-14)12(15-8)16-11-5-4-9(6-11)13(17)18/h2-3,9,11H,4-6H2,1H3,(H,15,16)(H,17,18)/t9-,11+/m1/s1. The highest BCUT2D eigenvalue weighted by Gasteiger charge is 2.30. The minimum absolute atomic E-state index is 0.0903. The monoisotopic (exact) mass is 245 g/mol. The molecule has 1 aromatic rings. The molecule has 0 radical (unpaired) electrons. The van der Waals surface area contributed by atoms with E-state index in [-0.39, 0.29) is 12.0 Å². The fourth-order valence-electron chi connectivity index (χ4n) is 2.29. The van der Waals surface area contributed by atoms with Crippen LogP contribution in [0.3, 0.4) is 0 Å². The molecule has 1 fully saturated rings. The molecule has 1 heterocycles. The van der Waals surface area contributed by atoms with Gasteiger partial charge in [0, 0.05) is 11.7 Å². The number of anilines is 1. The average Bonchev–Trinajstić information content (AvgIpc) is 2.78. The summed E-state index contributed by atoms with van der Waals surface area (Å²) in [6.07, 6.45) is 2.08. The van der Waals surface area contributed by atoms with Crippen molar-refractivity contribution in [2.24, 2.45) is 5.92 Å². The summed E-state index contributed by atoms with van der Waals surface area (Å²) in [4.78, 5) is 15.2. The molecule has 1 aliphatic rings. The van der Waals surface area contributed by atoms with Gasteiger partial charge in [0.25, 0.3) is 0 Å². The van der Waals surface area contributed by atoms with E-state index in [4.69, 9.17) is 10.4 Å². The number of carbonyl (C=O) groups is 1. The molecule has 0 aliphatic heterocycles. The summed E-state index contributed by atoms with van der Waals surface area (Å²) in [5, 5.41) is 21.1. The number of carboxylic acid groups (broad SMARTS) is 1. The van der Waals surface area contributed by atoms with Crippen molar-refractivity contribution in [3.05, 3.63) is 23.4 Å². The first kappa shape index (κ1) is 12.4. The Morgan fingerprint density at radius 1 is 1.56 bits per heavy atom. The zero-order valence-corrected chi connectivity index (χ0v) is 10.2. The highest BCUT2D eigenvalue weighted by atomic mass is 16.4. The number of rotatable bonds is 3. The Morgan fingerprint density at radius 3 is 2.94 bits per heavy atom. The maximum Gasteiger partial charge on any atom is 0.306 e. The molecule has 1 aliphatic carbocycles. The van der Waals surface area contributed by atoms with Crippen LogP contribution in [0.15, 0.2) is 12.1 Å². The van der Waals surface area contributed by atoms with Crippen molar-refractivity contribution >= 4 is 11.8 Å². The number of aliphatic carboxylic acids is 1. The second kappa shape index (κ2) is 5.05. The Balaban J connectivity index is 2.09. The zero-order valence-electron chi connectivity index (χ0n) is 10.2. The number of hydrogen-bond acceptors (Lipinski definition) is 4. The summed E-state index contributed by atoms with van der Waals surface area (Å²) in [5.74, 6) is -0.455. The number of pyridine rings is 1. The number of carboxylic acids is 1. The molecule has 0 unspecified atom stereocenters. The van der Waals surface area contributed by atoms with E-state index >= 15 is 0 Å². The maximum atomic E-state index is 10.9. The van der Waals surface area contributed by atoms with Gasteiger partial charge >= 0.3 is 5.97 Å². The summed E-state index contributed by atoms with van der Waals surface area (Å²) >= 11 is 0. The van der Waals surface area contributed by atoms with Gasteiger partial charge in [-0.25, -0.2) is 4.98 Å². The summed E-state index contributed by atoms with van der Waals surface area (Å²) in [6, 6.07) is 5.70. The van der Waals surface area contributed by atoms with Crippen LogP contribution in [0.25, 0.3) is 0 Å². The molecule has 2 atom stereocenters. The lowest BCUT2D eigenvalue weighted by Gasteiger charge is -2.14. The van der Waals surface area contributed by atoms with E-state index in [1.807, 2.05) is 6.92 Å². The first-order valence-electron chi connectivity index (χ1n) is 5.97. The number of aromatic nitrogens is 1. The first-order chi connectivity index (χ1) is 8.60. The van der Waals surface area contributed by atoms with Crippen LogP contribution in [-0.4, -0.2) is 22.1 Å². The Bertz CT molecular complexity index is 507. The van der Waals surface area contributed by atoms with E-state index < -0.39 is 5.97 Å². The predicted molar refractivity (Wildman–Crippen MR) is 66.1 cm³/mol. The van der Waals surface area contributed by atoms with Crippen LogP contribution in [-0.2, 0) is 4.79 Å². The topological polar surface area (TPSA) is 86.0 Å². The van der Waals surface area contributed by atoms with Crippen LogP contribution < -0.4 is 5.32 Å². The Labute approximate surface area is 105 Å². The van der Waals surface area contributed by atoms with E-state index in [0.29, 0.717) is 24.2 Å². The number of hydrogen-bond donors (Lipinski definition) is 2. The van der Waals surface area contributed by atoms with Crippen molar-refractivity contribution in [1.82, 2.24) is 4.98 Å².